The summed E-state index contributed by atoms with van der Waals surface area (Å²) in [4.78, 5) is 15.3. The van der Waals surface area contributed by atoms with Gasteiger partial charge in [-0.05, 0) is 47.4 Å². The lowest BCUT2D eigenvalue weighted by atomic mass is 9.91. The average molecular weight is 372 g/mol. The van der Waals surface area contributed by atoms with Crippen LogP contribution in [0.1, 0.15) is 60.6 Å². The molecule has 3 aromatic rings. The van der Waals surface area contributed by atoms with Crippen molar-refractivity contribution < 1.29 is 4.79 Å². The molecule has 0 aromatic heterocycles. The Kier molecular flexibility index (Phi) is 5.59. The molecule has 0 spiro atoms. The Morgan fingerprint density at radius 3 is 2.54 bits per heavy atom. The highest BCUT2D eigenvalue weighted by atomic mass is 16.1. The molecule has 0 bridgehead atoms. The summed E-state index contributed by atoms with van der Waals surface area (Å²) in [6, 6.07) is 24.0. The van der Waals surface area contributed by atoms with Gasteiger partial charge in [-0.3, -0.25) is 9.69 Å². The number of Topliss-reactive ketones (excluding diaryl/α,β-unsaturated/α-hetero) is 1. The van der Waals surface area contributed by atoms with Crippen LogP contribution in [0.25, 0.3) is 10.8 Å². The molecule has 1 unspecified atom stereocenters. The van der Waals surface area contributed by atoms with Crippen LogP contribution in [-0.2, 0) is 6.54 Å². The van der Waals surface area contributed by atoms with Gasteiger partial charge in [0.15, 0.2) is 5.78 Å². The molecule has 28 heavy (non-hydrogen) atoms. The first-order chi connectivity index (χ1) is 13.6. The van der Waals surface area contributed by atoms with Crippen LogP contribution in [0.3, 0.4) is 0 Å². The molecular weight excluding hydrogens is 342 g/mol. The zero-order valence-electron chi connectivity index (χ0n) is 16.9. The van der Waals surface area contributed by atoms with E-state index in [0.717, 1.165) is 24.2 Å². The van der Waals surface area contributed by atoms with Crippen LogP contribution in [0.5, 0.6) is 0 Å². The number of rotatable bonds is 5. The molecule has 1 heterocycles. The lowest BCUT2D eigenvalue weighted by Gasteiger charge is -2.36. The summed E-state index contributed by atoms with van der Waals surface area (Å²) in [5.74, 6) is 0.272. The zero-order chi connectivity index (χ0) is 19.5. The minimum atomic E-state index is 0.0267. The Balaban J connectivity index is 1.64. The van der Waals surface area contributed by atoms with E-state index in [9.17, 15) is 4.79 Å². The third-order valence-electron chi connectivity index (χ3n) is 5.95. The van der Waals surface area contributed by atoms with Crippen LogP contribution in [0.4, 0.5) is 0 Å². The van der Waals surface area contributed by atoms with Crippen LogP contribution in [0.2, 0.25) is 0 Å². The van der Waals surface area contributed by atoms with Crippen LogP contribution >= 0.6 is 0 Å². The second-order valence-corrected chi connectivity index (χ2v) is 8.26. The molecule has 1 aliphatic rings. The van der Waals surface area contributed by atoms with E-state index in [2.05, 4.69) is 59.5 Å². The minimum Gasteiger partial charge on any atom is -0.294 e. The lowest BCUT2D eigenvalue weighted by molar-refractivity contribution is 0.0934. The third kappa shape index (κ3) is 3.88. The first-order valence-electron chi connectivity index (χ1n) is 10.5. The first-order valence-corrected chi connectivity index (χ1v) is 10.5. The predicted molar refractivity (Wildman–Crippen MR) is 117 cm³/mol. The van der Waals surface area contributed by atoms with Gasteiger partial charge < -0.3 is 0 Å². The highest BCUT2D eigenvalue weighted by Crippen LogP contribution is 2.34. The van der Waals surface area contributed by atoms with Crippen LogP contribution in [0.15, 0.2) is 66.7 Å². The van der Waals surface area contributed by atoms with E-state index in [-0.39, 0.29) is 11.7 Å². The number of likely N-dealkylation sites (tertiary alicyclic amines) is 1. The Hall–Kier alpha value is -2.45. The van der Waals surface area contributed by atoms with Gasteiger partial charge in [-0.15, -0.1) is 0 Å². The van der Waals surface area contributed by atoms with E-state index < -0.39 is 0 Å². The Labute approximate surface area is 168 Å². The molecule has 1 atom stereocenters. The quantitative estimate of drug-likeness (QED) is 0.483. The number of hydrogen-bond donors (Lipinski definition) is 0. The smallest absolute Gasteiger partial charge is 0.165 e. The molecule has 0 radical (unpaired) electrons. The number of fused-ring (bicyclic) bond motifs is 1. The summed E-state index contributed by atoms with van der Waals surface area (Å²) >= 11 is 0. The van der Waals surface area contributed by atoms with Gasteiger partial charge in [0.05, 0.1) is 0 Å². The lowest BCUT2D eigenvalue weighted by Crippen LogP contribution is -2.33. The zero-order valence-corrected chi connectivity index (χ0v) is 16.9. The van der Waals surface area contributed by atoms with Crippen LogP contribution in [0, 0.1) is 5.92 Å². The van der Waals surface area contributed by atoms with Crippen molar-refractivity contribution in [3.8, 4) is 0 Å². The van der Waals surface area contributed by atoms with E-state index in [1.165, 1.54) is 35.6 Å². The van der Waals surface area contributed by atoms with Gasteiger partial charge in [-0.2, -0.15) is 0 Å². The Morgan fingerprint density at radius 2 is 1.71 bits per heavy atom. The molecule has 144 valence electrons. The van der Waals surface area contributed by atoms with Crippen molar-refractivity contribution in [2.24, 2.45) is 5.92 Å². The fourth-order valence-electron chi connectivity index (χ4n) is 4.40. The molecule has 0 saturated carbocycles. The van der Waals surface area contributed by atoms with Crippen molar-refractivity contribution in [3.63, 3.8) is 0 Å². The maximum Gasteiger partial charge on any atom is 0.165 e. The van der Waals surface area contributed by atoms with Crippen molar-refractivity contribution in [1.82, 2.24) is 4.90 Å². The fraction of sp³-hybridized carbons (Fsp3) is 0.346. The van der Waals surface area contributed by atoms with E-state index in [1.807, 2.05) is 26.0 Å². The van der Waals surface area contributed by atoms with Crippen molar-refractivity contribution in [2.75, 3.05) is 6.54 Å². The monoisotopic (exact) mass is 371 g/mol. The maximum absolute atomic E-state index is 12.7. The number of nitrogens with zero attached hydrogens (tertiary/aromatic N) is 1. The Morgan fingerprint density at radius 1 is 0.964 bits per heavy atom. The van der Waals surface area contributed by atoms with Gasteiger partial charge in [0.1, 0.15) is 0 Å². The largest absolute Gasteiger partial charge is 0.294 e. The summed E-state index contributed by atoms with van der Waals surface area (Å²) in [5.41, 5.74) is 3.44. The summed E-state index contributed by atoms with van der Waals surface area (Å²) in [7, 11) is 0. The molecule has 3 aromatic carbocycles. The molecule has 0 amide bonds. The highest BCUT2D eigenvalue weighted by molar-refractivity contribution is 5.98. The normalized spacial score (nSPS) is 17.9. The van der Waals surface area contributed by atoms with Gasteiger partial charge in [0, 0.05) is 24.1 Å². The second kappa shape index (κ2) is 8.28. The number of benzene rings is 3. The van der Waals surface area contributed by atoms with Gasteiger partial charge in [-0.1, -0.05) is 80.9 Å². The summed E-state index contributed by atoms with van der Waals surface area (Å²) in [6.45, 7) is 5.89. The van der Waals surface area contributed by atoms with E-state index >= 15 is 0 Å². The fourth-order valence-corrected chi connectivity index (χ4v) is 4.40. The molecule has 2 heteroatoms. The van der Waals surface area contributed by atoms with Crippen molar-refractivity contribution >= 4 is 16.6 Å². The van der Waals surface area contributed by atoms with Crippen LogP contribution in [-0.4, -0.2) is 17.2 Å². The standard InChI is InChI=1S/C26H29NO/c1-19(2)26(28)24-12-6-5-11-23(24)18-27-16-8-7-13-25(27)22-15-14-20-9-3-4-10-21(20)17-22/h3-6,9-12,14-15,17,19,25H,7-8,13,16,18H2,1-2H3. The van der Waals surface area contributed by atoms with Crippen molar-refractivity contribution in [1.29, 1.82) is 0 Å². The molecular formula is C26H29NO. The van der Waals surface area contributed by atoms with Gasteiger partial charge in [0.25, 0.3) is 0 Å². The highest BCUT2D eigenvalue weighted by Gasteiger charge is 2.25. The van der Waals surface area contributed by atoms with Crippen molar-refractivity contribution in [2.45, 2.75) is 45.7 Å². The molecule has 1 fully saturated rings. The molecule has 2 nitrogen and oxygen atoms in total. The van der Waals surface area contributed by atoms with Gasteiger partial charge >= 0.3 is 0 Å². The molecule has 0 aliphatic carbocycles. The number of hydrogen-bond acceptors (Lipinski definition) is 2. The van der Waals surface area contributed by atoms with E-state index in [4.69, 9.17) is 0 Å². The number of piperidine rings is 1. The van der Waals surface area contributed by atoms with Gasteiger partial charge in [0.2, 0.25) is 0 Å². The maximum atomic E-state index is 12.7. The molecule has 0 N–H and O–H groups in total. The topological polar surface area (TPSA) is 20.3 Å². The first kappa shape index (κ1) is 18.9. The van der Waals surface area contributed by atoms with E-state index in [1.54, 1.807) is 0 Å². The minimum absolute atomic E-state index is 0.0267. The number of carbonyl (C=O) groups excluding carboxylic acids is 1. The SMILES string of the molecule is CC(C)C(=O)c1ccccc1CN1CCCCC1c1ccc2ccccc2c1. The van der Waals surface area contributed by atoms with Gasteiger partial charge in [-0.25, -0.2) is 0 Å². The van der Waals surface area contributed by atoms with Crippen molar-refractivity contribution in [3.05, 3.63) is 83.4 Å². The number of carbonyl (C=O) groups is 1. The Bertz CT molecular complexity index is 975. The van der Waals surface area contributed by atoms with E-state index in [0.29, 0.717) is 6.04 Å². The molecule has 4 rings (SSSR count). The average Bonchev–Trinajstić information content (AvgIpc) is 2.73. The predicted octanol–water partition coefficient (Wildman–Crippen LogP) is 6.41. The summed E-state index contributed by atoms with van der Waals surface area (Å²) in [6.07, 6.45) is 3.67. The molecule has 1 aliphatic heterocycles. The second-order valence-electron chi connectivity index (χ2n) is 8.26. The molecule has 1 saturated heterocycles. The summed E-state index contributed by atoms with van der Waals surface area (Å²) < 4.78 is 0. The third-order valence-corrected chi connectivity index (χ3v) is 5.95. The number of ketones is 1. The van der Waals surface area contributed by atoms with Crippen LogP contribution < -0.4 is 0 Å². The summed E-state index contributed by atoms with van der Waals surface area (Å²) in [5, 5.41) is 2.60.